The number of hydrogen-bond acceptors (Lipinski definition) is 7. The van der Waals surface area contributed by atoms with Crippen molar-refractivity contribution in [2.24, 2.45) is 0 Å². The minimum absolute atomic E-state index is 0.0438. The molecule has 1 fully saturated rings. The molecule has 7 nitrogen and oxygen atoms in total. The molecule has 0 saturated carbocycles. The molecule has 5 unspecified atom stereocenters. The van der Waals surface area contributed by atoms with Gasteiger partial charge < -0.3 is 34.0 Å². The van der Waals surface area contributed by atoms with Gasteiger partial charge in [0.25, 0.3) is 0 Å². The molecule has 2 aliphatic heterocycles. The first kappa shape index (κ1) is 28.5. The van der Waals surface area contributed by atoms with E-state index < -0.39 is 38.5 Å². The van der Waals surface area contributed by atoms with Crippen LogP contribution in [0.5, 0.6) is 5.75 Å². The van der Waals surface area contributed by atoms with E-state index in [1.165, 1.54) is 12.7 Å². The Balaban J connectivity index is 1.63. The average Bonchev–Trinajstić information content (AvgIpc) is 3.31. The topological polar surface area (TPSA) is 97.6 Å². The van der Waals surface area contributed by atoms with Gasteiger partial charge in [-0.25, -0.2) is 0 Å². The third-order valence-corrected chi connectivity index (χ3v) is 13.0. The number of benzene rings is 2. The van der Waals surface area contributed by atoms with Crippen LogP contribution in [-0.4, -0.2) is 68.4 Å². The van der Waals surface area contributed by atoms with Gasteiger partial charge >= 0.3 is 0 Å². The Labute approximate surface area is 225 Å². The number of fused-ring (bicyclic) bond motifs is 1. The molecule has 4 rings (SSSR count). The van der Waals surface area contributed by atoms with E-state index >= 15 is 0 Å². The van der Waals surface area contributed by atoms with Gasteiger partial charge in [0.05, 0.1) is 13.2 Å². The third kappa shape index (κ3) is 5.49. The molecule has 2 aromatic carbocycles. The quantitative estimate of drug-likeness (QED) is 0.445. The maximum atomic E-state index is 11.1. The maximum absolute atomic E-state index is 11.1. The van der Waals surface area contributed by atoms with Gasteiger partial charge in [-0.1, -0.05) is 50.6 Å². The summed E-state index contributed by atoms with van der Waals surface area (Å²) >= 11 is 6.58. The van der Waals surface area contributed by atoms with Gasteiger partial charge in [-0.05, 0) is 59.4 Å². The minimum atomic E-state index is -2.16. The second-order valence-corrected chi connectivity index (χ2v) is 16.8. The van der Waals surface area contributed by atoms with Crippen LogP contribution in [0.25, 0.3) is 0 Å². The van der Waals surface area contributed by atoms with E-state index in [0.29, 0.717) is 23.6 Å². The molecule has 0 aromatic heterocycles. The Morgan fingerprint density at radius 1 is 1.08 bits per heavy atom. The number of aliphatic hydroxyl groups is 3. The zero-order chi connectivity index (χ0) is 27.2. The molecule has 3 N–H and O–H groups in total. The van der Waals surface area contributed by atoms with Crippen LogP contribution < -0.4 is 4.74 Å². The number of rotatable bonds is 7. The van der Waals surface area contributed by atoms with Crippen molar-refractivity contribution in [2.45, 2.75) is 81.9 Å². The fraction of sp³-hybridized carbons (Fsp3) is 0.571. The Kier molecular flexibility index (Phi) is 8.15. The predicted octanol–water partition coefficient (Wildman–Crippen LogP) is 4.17. The number of hydrogen-bond donors (Lipinski definition) is 3. The van der Waals surface area contributed by atoms with E-state index in [4.69, 9.17) is 30.2 Å². The van der Waals surface area contributed by atoms with Crippen LogP contribution in [0, 0.1) is 0 Å². The maximum Gasteiger partial charge on any atom is 0.224 e. The summed E-state index contributed by atoms with van der Waals surface area (Å²) in [6.07, 6.45) is -3.87. The molecule has 1 saturated heterocycles. The van der Waals surface area contributed by atoms with Crippen molar-refractivity contribution in [1.82, 2.24) is 0 Å². The Bertz CT molecular complexity index is 1120. The summed E-state index contributed by atoms with van der Waals surface area (Å²) in [6.45, 7) is 11.3. The summed E-state index contributed by atoms with van der Waals surface area (Å²) in [5, 5.41) is 33.2. The Hall–Kier alpha value is -1.49. The van der Waals surface area contributed by atoms with Crippen molar-refractivity contribution < 1.29 is 34.0 Å². The van der Waals surface area contributed by atoms with E-state index in [-0.39, 0.29) is 11.6 Å². The highest BCUT2D eigenvalue weighted by Gasteiger charge is 2.55. The first-order valence-corrected chi connectivity index (χ1v) is 16.0. The molecule has 2 aliphatic rings. The van der Waals surface area contributed by atoms with Crippen molar-refractivity contribution in [3.63, 3.8) is 0 Å². The summed E-state index contributed by atoms with van der Waals surface area (Å²) in [5.41, 5.74) is 3.57. The molecule has 204 valence electrons. The zero-order valence-electron chi connectivity index (χ0n) is 22.5. The molecular weight excluding hydrogens is 512 g/mol. The lowest BCUT2D eigenvalue weighted by molar-refractivity contribution is -0.365. The van der Waals surface area contributed by atoms with E-state index in [2.05, 4.69) is 39.9 Å². The normalized spacial score (nSPS) is 28.2. The summed E-state index contributed by atoms with van der Waals surface area (Å²) in [7, 11) is -0.752. The second-order valence-electron chi connectivity index (χ2n) is 11.5. The van der Waals surface area contributed by atoms with Gasteiger partial charge in [-0.3, -0.25) is 0 Å². The third-order valence-electron chi connectivity index (χ3n) is 8.08. The van der Waals surface area contributed by atoms with Crippen molar-refractivity contribution in [1.29, 1.82) is 0 Å². The highest BCUT2D eigenvalue weighted by molar-refractivity contribution is 6.74. The van der Waals surface area contributed by atoms with Crippen molar-refractivity contribution >= 4 is 19.9 Å². The van der Waals surface area contributed by atoms with Crippen molar-refractivity contribution in [3.05, 3.63) is 63.7 Å². The number of aliphatic hydroxyl groups excluding tert-OH is 3. The lowest BCUT2D eigenvalue weighted by Gasteiger charge is -2.49. The summed E-state index contributed by atoms with van der Waals surface area (Å²) in [5.74, 6) is -0.801. The molecule has 0 aliphatic carbocycles. The Morgan fingerprint density at radius 3 is 2.49 bits per heavy atom. The molecule has 0 spiro atoms. The Morgan fingerprint density at radius 2 is 1.81 bits per heavy atom. The highest BCUT2D eigenvalue weighted by atomic mass is 35.5. The lowest BCUT2D eigenvalue weighted by atomic mass is 9.87. The summed E-state index contributed by atoms with van der Waals surface area (Å²) in [6, 6.07) is 11.4. The number of halogens is 1. The second kappa shape index (κ2) is 10.6. The average molecular weight is 551 g/mol. The van der Waals surface area contributed by atoms with Gasteiger partial charge in [-0.2, -0.15) is 0 Å². The fourth-order valence-electron chi connectivity index (χ4n) is 4.66. The molecule has 0 radical (unpaired) electrons. The van der Waals surface area contributed by atoms with E-state index in [0.717, 1.165) is 23.3 Å². The molecule has 2 aromatic rings. The first-order valence-electron chi connectivity index (χ1n) is 12.7. The van der Waals surface area contributed by atoms with Gasteiger partial charge in [0.1, 0.15) is 30.2 Å². The summed E-state index contributed by atoms with van der Waals surface area (Å²) in [4.78, 5) is 0. The smallest absolute Gasteiger partial charge is 0.224 e. The van der Waals surface area contributed by atoms with Crippen molar-refractivity contribution in [2.75, 3.05) is 20.3 Å². The molecule has 37 heavy (non-hydrogen) atoms. The summed E-state index contributed by atoms with van der Waals surface area (Å²) < 4.78 is 24.0. The van der Waals surface area contributed by atoms with Crippen LogP contribution >= 0.6 is 11.6 Å². The van der Waals surface area contributed by atoms with Crippen LogP contribution in [0.3, 0.4) is 0 Å². The van der Waals surface area contributed by atoms with Crippen LogP contribution in [0.2, 0.25) is 23.2 Å². The molecule has 2 heterocycles. The van der Waals surface area contributed by atoms with E-state index in [9.17, 15) is 15.3 Å². The van der Waals surface area contributed by atoms with Crippen LogP contribution in [0.15, 0.2) is 36.4 Å². The minimum Gasteiger partial charge on any atom is -0.493 e. The molecule has 0 amide bonds. The van der Waals surface area contributed by atoms with E-state index in [1.54, 1.807) is 12.1 Å². The van der Waals surface area contributed by atoms with Crippen LogP contribution in [0.1, 0.15) is 43.0 Å². The standard InChI is InChI=1S/C28H39ClO7Si/c1-27(2,3)37(5,6)35-16-23-24(30)25(31)26(32)28(33-4,36-23)20-8-9-21(29)19(15-20)14-17-7-10-22-18(13-17)11-12-34-22/h7-10,13,15,23-26,30-32H,11-12,14,16H2,1-6H3. The zero-order valence-corrected chi connectivity index (χ0v) is 24.2. The van der Waals surface area contributed by atoms with Crippen LogP contribution in [0.4, 0.5) is 0 Å². The predicted molar refractivity (Wildman–Crippen MR) is 145 cm³/mol. The van der Waals surface area contributed by atoms with Gasteiger partial charge in [-0.15, -0.1) is 0 Å². The van der Waals surface area contributed by atoms with Gasteiger partial charge in [0.15, 0.2) is 8.32 Å². The molecule has 5 atom stereocenters. The molecular formula is C28H39ClO7Si. The molecule has 9 heteroatoms. The van der Waals surface area contributed by atoms with Crippen molar-refractivity contribution in [3.8, 4) is 5.75 Å². The first-order chi connectivity index (χ1) is 17.3. The van der Waals surface area contributed by atoms with Crippen LogP contribution in [-0.2, 0) is 32.5 Å². The molecule has 0 bridgehead atoms. The van der Waals surface area contributed by atoms with Gasteiger partial charge in [0, 0.05) is 24.1 Å². The SMILES string of the molecule is COC1(c2ccc(Cl)c(Cc3ccc4c(c3)CCO4)c2)OC(CO[Si](C)(C)C(C)(C)C)C(O)C(O)C1O. The monoisotopic (exact) mass is 550 g/mol. The number of ether oxygens (including phenoxy) is 3. The number of methoxy groups -OCH3 is 1. The highest BCUT2D eigenvalue weighted by Crippen LogP contribution is 2.42. The largest absolute Gasteiger partial charge is 0.493 e. The lowest BCUT2D eigenvalue weighted by Crippen LogP contribution is -2.64. The fourth-order valence-corrected chi connectivity index (χ4v) is 5.86. The van der Waals surface area contributed by atoms with E-state index in [1.807, 2.05) is 18.2 Å². The van der Waals surface area contributed by atoms with Gasteiger partial charge in [0.2, 0.25) is 5.79 Å².